The summed E-state index contributed by atoms with van der Waals surface area (Å²) in [6, 6.07) is 2.68. The molecule has 0 fully saturated rings. The Labute approximate surface area is 119 Å². The van der Waals surface area contributed by atoms with E-state index in [1.165, 1.54) is 6.07 Å². The maximum absolute atomic E-state index is 12.6. The van der Waals surface area contributed by atoms with Gasteiger partial charge in [0.2, 0.25) is 5.91 Å². The van der Waals surface area contributed by atoms with E-state index in [9.17, 15) is 18.0 Å². The number of alkyl halides is 3. The first kappa shape index (κ1) is 16.2. The van der Waals surface area contributed by atoms with Crippen LogP contribution in [0.15, 0.2) is 18.2 Å². The monoisotopic (exact) mass is 305 g/mol. The Hall–Kier alpha value is -1.83. The predicted octanol–water partition coefficient (Wildman–Crippen LogP) is 2.02. The van der Waals surface area contributed by atoms with Gasteiger partial charge in [-0.2, -0.15) is 13.2 Å². The molecular formula is C12H14F3N3OS. The van der Waals surface area contributed by atoms with Crippen molar-refractivity contribution >= 4 is 28.8 Å². The van der Waals surface area contributed by atoms with Crippen molar-refractivity contribution in [3.63, 3.8) is 0 Å². The van der Waals surface area contributed by atoms with Crippen molar-refractivity contribution in [3.05, 3.63) is 29.3 Å². The first-order valence-electron chi connectivity index (χ1n) is 5.67. The summed E-state index contributed by atoms with van der Waals surface area (Å²) >= 11 is 4.75. The summed E-state index contributed by atoms with van der Waals surface area (Å²) in [6.45, 7) is 1.67. The van der Waals surface area contributed by atoms with E-state index in [4.69, 9.17) is 23.7 Å². The summed E-state index contributed by atoms with van der Waals surface area (Å²) in [4.78, 5) is 10.6. The van der Waals surface area contributed by atoms with Crippen molar-refractivity contribution in [1.29, 1.82) is 0 Å². The van der Waals surface area contributed by atoms with Crippen LogP contribution in [0, 0.1) is 0 Å². The normalized spacial score (nSPS) is 12.8. The average Bonchev–Trinajstić information content (AvgIpc) is 2.26. The van der Waals surface area contributed by atoms with Crippen LogP contribution in [0.5, 0.6) is 0 Å². The zero-order valence-corrected chi connectivity index (χ0v) is 11.4. The van der Waals surface area contributed by atoms with E-state index in [2.05, 4.69) is 5.32 Å². The number of nitrogens with one attached hydrogen (secondary N) is 1. The number of rotatable bonds is 5. The third-order valence-electron chi connectivity index (χ3n) is 2.52. The first-order chi connectivity index (χ1) is 9.11. The molecule has 1 aromatic rings. The summed E-state index contributed by atoms with van der Waals surface area (Å²) in [5.74, 6) is -0.520. The maximum atomic E-state index is 12.6. The van der Waals surface area contributed by atoms with Crippen molar-refractivity contribution in [2.24, 2.45) is 11.5 Å². The Bertz CT molecular complexity index is 531. The van der Waals surface area contributed by atoms with E-state index in [1.54, 1.807) is 6.92 Å². The van der Waals surface area contributed by atoms with Crippen LogP contribution in [0.2, 0.25) is 0 Å². The lowest BCUT2D eigenvalue weighted by Gasteiger charge is -2.18. The van der Waals surface area contributed by atoms with Crippen LogP contribution in [-0.2, 0) is 11.0 Å². The molecule has 1 unspecified atom stereocenters. The predicted molar refractivity (Wildman–Crippen MR) is 74.2 cm³/mol. The minimum Gasteiger partial charge on any atom is -0.389 e. The first-order valence-corrected chi connectivity index (χ1v) is 6.08. The van der Waals surface area contributed by atoms with Gasteiger partial charge in [0.05, 0.1) is 5.56 Å². The van der Waals surface area contributed by atoms with Gasteiger partial charge >= 0.3 is 6.18 Å². The molecule has 0 aliphatic rings. The molecule has 1 atom stereocenters. The Morgan fingerprint density at radius 2 is 2.00 bits per heavy atom. The highest BCUT2D eigenvalue weighted by Crippen LogP contribution is 2.32. The van der Waals surface area contributed by atoms with Gasteiger partial charge in [0.15, 0.2) is 0 Å². The molecule has 1 rings (SSSR count). The molecule has 20 heavy (non-hydrogen) atoms. The van der Waals surface area contributed by atoms with Crippen LogP contribution in [-0.4, -0.2) is 16.9 Å². The molecule has 0 heterocycles. The van der Waals surface area contributed by atoms with E-state index < -0.39 is 17.6 Å². The molecule has 0 saturated heterocycles. The van der Waals surface area contributed by atoms with Crippen LogP contribution >= 0.6 is 12.2 Å². The quantitative estimate of drug-likeness (QED) is 0.727. The summed E-state index contributed by atoms with van der Waals surface area (Å²) in [6.07, 6.45) is -4.44. The molecule has 1 amide bonds. The largest absolute Gasteiger partial charge is 0.416 e. The fourth-order valence-corrected chi connectivity index (χ4v) is 1.84. The maximum Gasteiger partial charge on any atom is 0.416 e. The molecule has 0 spiro atoms. The van der Waals surface area contributed by atoms with Crippen molar-refractivity contribution < 1.29 is 18.0 Å². The summed E-state index contributed by atoms with van der Waals surface area (Å²) in [7, 11) is 0. The molecule has 0 radical (unpaired) electrons. The van der Waals surface area contributed by atoms with Crippen LogP contribution in [0.4, 0.5) is 18.9 Å². The minimum absolute atomic E-state index is 0.0395. The smallest absolute Gasteiger partial charge is 0.389 e. The van der Waals surface area contributed by atoms with Crippen molar-refractivity contribution in [3.8, 4) is 0 Å². The SMILES string of the molecule is CC(CC(N)=O)Nc1ccc(C(F)(F)F)cc1C(N)=S. The van der Waals surface area contributed by atoms with E-state index in [-0.39, 0.29) is 23.0 Å². The number of halogens is 3. The zero-order valence-electron chi connectivity index (χ0n) is 10.6. The number of primary amides is 1. The van der Waals surface area contributed by atoms with Gasteiger partial charge in [-0.3, -0.25) is 4.79 Å². The number of carbonyl (C=O) groups is 1. The van der Waals surface area contributed by atoms with Gasteiger partial charge in [-0.05, 0) is 25.1 Å². The van der Waals surface area contributed by atoms with Gasteiger partial charge in [0, 0.05) is 23.7 Å². The lowest BCUT2D eigenvalue weighted by atomic mass is 10.1. The van der Waals surface area contributed by atoms with Crippen molar-refractivity contribution in [2.75, 3.05) is 5.32 Å². The fraction of sp³-hybridized carbons (Fsp3) is 0.333. The third kappa shape index (κ3) is 4.37. The van der Waals surface area contributed by atoms with E-state index in [1.807, 2.05) is 0 Å². The number of amides is 1. The minimum atomic E-state index is -4.48. The van der Waals surface area contributed by atoms with Gasteiger partial charge in [0.1, 0.15) is 4.99 Å². The molecule has 8 heteroatoms. The molecule has 5 N–H and O–H groups in total. The van der Waals surface area contributed by atoms with Crippen molar-refractivity contribution in [1.82, 2.24) is 0 Å². The number of nitrogens with two attached hydrogens (primary N) is 2. The van der Waals surface area contributed by atoms with Gasteiger partial charge in [-0.15, -0.1) is 0 Å². The third-order valence-corrected chi connectivity index (χ3v) is 2.74. The molecule has 1 aromatic carbocycles. The van der Waals surface area contributed by atoms with Gasteiger partial charge in [-0.1, -0.05) is 12.2 Å². The lowest BCUT2D eigenvalue weighted by molar-refractivity contribution is -0.137. The van der Waals surface area contributed by atoms with E-state index in [0.717, 1.165) is 12.1 Å². The molecule has 0 aliphatic heterocycles. The van der Waals surface area contributed by atoms with E-state index >= 15 is 0 Å². The summed E-state index contributed by atoms with van der Waals surface area (Å²) in [5, 5.41) is 2.87. The summed E-state index contributed by atoms with van der Waals surface area (Å²) in [5.41, 5.74) is 10.1. The van der Waals surface area contributed by atoms with Crippen LogP contribution in [0.25, 0.3) is 0 Å². The Morgan fingerprint density at radius 1 is 1.40 bits per heavy atom. The number of benzene rings is 1. The second-order valence-electron chi connectivity index (χ2n) is 4.34. The number of anilines is 1. The second-order valence-corrected chi connectivity index (χ2v) is 4.78. The molecular weight excluding hydrogens is 291 g/mol. The average molecular weight is 305 g/mol. The molecule has 0 aromatic heterocycles. The Balaban J connectivity index is 3.08. The Kier molecular flexibility index (Phi) is 4.93. The number of hydrogen-bond donors (Lipinski definition) is 3. The van der Waals surface area contributed by atoms with E-state index in [0.29, 0.717) is 5.69 Å². The van der Waals surface area contributed by atoms with Crippen LogP contribution in [0.1, 0.15) is 24.5 Å². The number of carbonyl (C=O) groups excluding carboxylic acids is 1. The Morgan fingerprint density at radius 3 is 2.45 bits per heavy atom. The van der Waals surface area contributed by atoms with Crippen LogP contribution < -0.4 is 16.8 Å². The highest BCUT2D eigenvalue weighted by molar-refractivity contribution is 7.80. The van der Waals surface area contributed by atoms with Gasteiger partial charge < -0.3 is 16.8 Å². The molecule has 0 bridgehead atoms. The zero-order chi connectivity index (χ0) is 15.5. The molecule has 0 saturated carbocycles. The highest BCUT2D eigenvalue weighted by atomic mass is 32.1. The number of thiocarbonyl (C=S) groups is 1. The molecule has 110 valence electrons. The van der Waals surface area contributed by atoms with Crippen LogP contribution in [0.3, 0.4) is 0 Å². The van der Waals surface area contributed by atoms with Crippen molar-refractivity contribution in [2.45, 2.75) is 25.6 Å². The van der Waals surface area contributed by atoms with Gasteiger partial charge in [-0.25, -0.2) is 0 Å². The molecule has 0 aliphatic carbocycles. The standard InChI is InChI=1S/C12H14F3N3OS/c1-6(4-10(16)19)18-9-3-2-7(12(13,14)15)5-8(9)11(17)20/h2-3,5-6,18H,4H2,1H3,(H2,16,19)(H2,17,20). The number of hydrogen-bond acceptors (Lipinski definition) is 3. The molecule has 4 nitrogen and oxygen atoms in total. The second kappa shape index (κ2) is 6.08. The fourth-order valence-electron chi connectivity index (χ4n) is 1.67. The van der Waals surface area contributed by atoms with Gasteiger partial charge in [0.25, 0.3) is 0 Å². The summed E-state index contributed by atoms with van der Waals surface area (Å²) < 4.78 is 37.9. The lowest BCUT2D eigenvalue weighted by Crippen LogP contribution is -2.25. The highest BCUT2D eigenvalue weighted by Gasteiger charge is 2.31. The topological polar surface area (TPSA) is 81.1 Å².